The number of anilines is 1. The summed E-state index contributed by atoms with van der Waals surface area (Å²) in [6, 6.07) is 9.41. The van der Waals surface area contributed by atoms with Crippen LogP contribution in [0.1, 0.15) is 18.5 Å². The van der Waals surface area contributed by atoms with Crippen molar-refractivity contribution in [1.82, 2.24) is 0 Å². The van der Waals surface area contributed by atoms with Gasteiger partial charge < -0.3 is 15.5 Å². The number of phenols is 2. The van der Waals surface area contributed by atoms with Gasteiger partial charge in [-0.05, 0) is 37.3 Å². The maximum Gasteiger partial charge on any atom is 0.124 e. The van der Waals surface area contributed by atoms with E-state index < -0.39 is 0 Å². The number of nitrogens with one attached hydrogen (secondary N) is 1. The van der Waals surface area contributed by atoms with Crippen LogP contribution in [0.25, 0.3) is 0 Å². The van der Waals surface area contributed by atoms with Gasteiger partial charge in [0.1, 0.15) is 11.5 Å². The zero-order chi connectivity index (χ0) is 14.0. The first kappa shape index (κ1) is 13.8. The second kappa shape index (κ2) is 5.59. The fraction of sp³-hybridized carbons (Fsp3) is 0.143. The van der Waals surface area contributed by atoms with Crippen LogP contribution in [0.5, 0.6) is 11.5 Å². The molecule has 0 spiro atoms. The molecule has 1 atom stereocenters. The molecule has 2 rings (SSSR count). The summed E-state index contributed by atoms with van der Waals surface area (Å²) in [7, 11) is 0. The van der Waals surface area contributed by atoms with E-state index in [2.05, 4.69) is 5.32 Å². The van der Waals surface area contributed by atoms with E-state index in [0.29, 0.717) is 21.3 Å². The highest BCUT2D eigenvalue weighted by Gasteiger charge is 2.15. The van der Waals surface area contributed by atoms with Crippen LogP contribution < -0.4 is 5.32 Å². The van der Waals surface area contributed by atoms with Gasteiger partial charge in [0, 0.05) is 5.02 Å². The number of aromatic hydroxyl groups is 2. The zero-order valence-corrected chi connectivity index (χ0v) is 11.7. The number of benzene rings is 2. The minimum absolute atomic E-state index is 0.0325. The average molecular weight is 298 g/mol. The highest BCUT2D eigenvalue weighted by molar-refractivity contribution is 6.36. The molecule has 0 radical (unpaired) electrons. The molecule has 5 heteroatoms. The minimum Gasteiger partial charge on any atom is -0.507 e. The SMILES string of the molecule is CC(Nc1ccc(Cl)cc1Cl)c1c(O)cccc1O. The molecular formula is C14H13Cl2NO2. The number of rotatable bonds is 3. The van der Waals surface area contributed by atoms with Crippen molar-refractivity contribution in [3.05, 3.63) is 52.0 Å². The van der Waals surface area contributed by atoms with E-state index in [9.17, 15) is 10.2 Å². The molecule has 0 heterocycles. The van der Waals surface area contributed by atoms with Gasteiger partial charge in [-0.25, -0.2) is 0 Å². The number of halogens is 2. The van der Waals surface area contributed by atoms with E-state index in [0.717, 1.165) is 0 Å². The highest BCUT2D eigenvalue weighted by atomic mass is 35.5. The highest BCUT2D eigenvalue weighted by Crippen LogP contribution is 2.35. The first-order valence-corrected chi connectivity index (χ1v) is 6.47. The van der Waals surface area contributed by atoms with Crippen LogP contribution in [-0.2, 0) is 0 Å². The van der Waals surface area contributed by atoms with Crippen LogP contribution in [0.3, 0.4) is 0 Å². The van der Waals surface area contributed by atoms with E-state index in [1.54, 1.807) is 24.3 Å². The third-order valence-corrected chi connectivity index (χ3v) is 3.34. The van der Waals surface area contributed by atoms with Gasteiger partial charge in [0.05, 0.1) is 22.3 Å². The first-order valence-electron chi connectivity index (χ1n) is 5.71. The van der Waals surface area contributed by atoms with Gasteiger partial charge in [-0.15, -0.1) is 0 Å². The molecule has 0 bridgehead atoms. The van der Waals surface area contributed by atoms with Crippen molar-refractivity contribution < 1.29 is 10.2 Å². The topological polar surface area (TPSA) is 52.5 Å². The van der Waals surface area contributed by atoms with E-state index in [-0.39, 0.29) is 17.5 Å². The summed E-state index contributed by atoms with van der Waals surface area (Å²) in [5.74, 6) is 0.0650. The maximum absolute atomic E-state index is 9.80. The fourth-order valence-electron chi connectivity index (χ4n) is 1.90. The van der Waals surface area contributed by atoms with Crippen molar-refractivity contribution in [2.45, 2.75) is 13.0 Å². The van der Waals surface area contributed by atoms with Gasteiger partial charge in [0.25, 0.3) is 0 Å². The number of phenolic OH excluding ortho intramolecular Hbond substituents is 2. The van der Waals surface area contributed by atoms with Crippen LogP contribution in [0, 0.1) is 0 Å². The quantitative estimate of drug-likeness (QED) is 0.777. The maximum atomic E-state index is 9.80. The Bertz CT molecular complexity index is 582. The second-order valence-corrected chi connectivity index (χ2v) is 5.04. The first-order chi connectivity index (χ1) is 8.99. The molecule has 0 aromatic heterocycles. The Morgan fingerprint density at radius 2 is 1.68 bits per heavy atom. The standard InChI is InChI=1S/C14H13Cl2NO2/c1-8(14-12(18)3-2-4-13(14)19)17-11-6-5-9(15)7-10(11)16/h2-8,17-19H,1H3. The van der Waals surface area contributed by atoms with Crippen molar-refractivity contribution in [1.29, 1.82) is 0 Å². The molecule has 100 valence electrons. The van der Waals surface area contributed by atoms with Gasteiger partial charge in [-0.3, -0.25) is 0 Å². The summed E-state index contributed by atoms with van der Waals surface area (Å²) in [4.78, 5) is 0. The normalized spacial score (nSPS) is 12.2. The largest absolute Gasteiger partial charge is 0.507 e. The number of hydrogen-bond donors (Lipinski definition) is 3. The molecule has 2 aromatic rings. The lowest BCUT2D eigenvalue weighted by atomic mass is 10.1. The molecule has 0 saturated carbocycles. The molecule has 1 unspecified atom stereocenters. The Hall–Kier alpha value is -1.58. The van der Waals surface area contributed by atoms with Crippen molar-refractivity contribution in [2.24, 2.45) is 0 Å². The predicted octanol–water partition coefficient (Wildman–Crippen LogP) is 4.58. The summed E-state index contributed by atoms with van der Waals surface area (Å²) in [6.07, 6.45) is 0. The van der Waals surface area contributed by atoms with Gasteiger partial charge >= 0.3 is 0 Å². The van der Waals surface area contributed by atoms with Crippen LogP contribution in [0.4, 0.5) is 5.69 Å². The third-order valence-electron chi connectivity index (χ3n) is 2.80. The lowest BCUT2D eigenvalue weighted by molar-refractivity contribution is 0.434. The fourth-order valence-corrected chi connectivity index (χ4v) is 2.36. The van der Waals surface area contributed by atoms with E-state index in [1.165, 1.54) is 12.1 Å². The lowest BCUT2D eigenvalue weighted by Crippen LogP contribution is -2.07. The Labute approximate surface area is 121 Å². The Morgan fingerprint density at radius 1 is 1.05 bits per heavy atom. The second-order valence-electron chi connectivity index (χ2n) is 4.20. The predicted molar refractivity (Wildman–Crippen MR) is 78.3 cm³/mol. The zero-order valence-electron chi connectivity index (χ0n) is 10.2. The van der Waals surface area contributed by atoms with Gasteiger partial charge in [0.2, 0.25) is 0 Å². The van der Waals surface area contributed by atoms with Gasteiger partial charge in [-0.2, -0.15) is 0 Å². The molecule has 0 aliphatic rings. The minimum atomic E-state index is -0.306. The molecule has 3 nitrogen and oxygen atoms in total. The van der Waals surface area contributed by atoms with Crippen molar-refractivity contribution in [3.63, 3.8) is 0 Å². The van der Waals surface area contributed by atoms with Gasteiger partial charge in [0.15, 0.2) is 0 Å². The third kappa shape index (κ3) is 3.06. The summed E-state index contributed by atoms with van der Waals surface area (Å²) >= 11 is 11.9. The summed E-state index contributed by atoms with van der Waals surface area (Å²) < 4.78 is 0. The van der Waals surface area contributed by atoms with Crippen molar-refractivity contribution in [3.8, 4) is 11.5 Å². The number of hydrogen-bond acceptors (Lipinski definition) is 3. The van der Waals surface area contributed by atoms with Crippen LogP contribution in [-0.4, -0.2) is 10.2 Å². The molecule has 0 amide bonds. The van der Waals surface area contributed by atoms with E-state index in [1.807, 2.05) is 6.92 Å². The Kier molecular flexibility index (Phi) is 4.08. The lowest BCUT2D eigenvalue weighted by Gasteiger charge is -2.19. The molecule has 0 saturated heterocycles. The van der Waals surface area contributed by atoms with Crippen LogP contribution >= 0.6 is 23.2 Å². The van der Waals surface area contributed by atoms with Crippen molar-refractivity contribution >= 4 is 28.9 Å². The Morgan fingerprint density at radius 3 is 2.26 bits per heavy atom. The monoisotopic (exact) mass is 297 g/mol. The Balaban J connectivity index is 2.28. The summed E-state index contributed by atoms with van der Waals surface area (Å²) in [5.41, 5.74) is 1.11. The molecule has 0 aliphatic heterocycles. The molecule has 0 aliphatic carbocycles. The van der Waals surface area contributed by atoms with Crippen molar-refractivity contribution in [2.75, 3.05) is 5.32 Å². The smallest absolute Gasteiger partial charge is 0.124 e. The molecule has 3 N–H and O–H groups in total. The average Bonchev–Trinajstić information content (AvgIpc) is 2.32. The summed E-state index contributed by atoms with van der Waals surface area (Å²) in [5, 5.41) is 23.8. The molecule has 19 heavy (non-hydrogen) atoms. The summed E-state index contributed by atoms with van der Waals surface area (Å²) in [6.45, 7) is 1.82. The molecular weight excluding hydrogens is 285 g/mol. The van der Waals surface area contributed by atoms with E-state index >= 15 is 0 Å². The van der Waals surface area contributed by atoms with Crippen LogP contribution in [0.2, 0.25) is 10.0 Å². The van der Waals surface area contributed by atoms with Gasteiger partial charge in [-0.1, -0.05) is 29.3 Å². The van der Waals surface area contributed by atoms with Crippen LogP contribution in [0.15, 0.2) is 36.4 Å². The molecule has 2 aromatic carbocycles. The van der Waals surface area contributed by atoms with E-state index in [4.69, 9.17) is 23.2 Å². The molecule has 0 fully saturated rings.